The number of halogens is 1. The van der Waals surface area contributed by atoms with E-state index < -0.39 is 11.0 Å². The Labute approximate surface area is 287 Å². The van der Waals surface area contributed by atoms with E-state index in [1.807, 2.05) is 38.7 Å². The van der Waals surface area contributed by atoms with Crippen LogP contribution < -0.4 is 4.90 Å². The van der Waals surface area contributed by atoms with Gasteiger partial charge in [0.15, 0.2) is 5.65 Å². The van der Waals surface area contributed by atoms with Gasteiger partial charge in [-0.1, -0.05) is 26.0 Å². The third kappa shape index (κ3) is 7.13. The monoisotopic (exact) mass is 674 g/mol. The Bertz CT molecular complexity index is 1760. The number of anilines is 1. The summed E-state index contributed by atoms with van der Waals surface area (Å²) in [6.45, 7) is 18.1. The van der Waals surface area contributed by atoms with Gasteiger partial charge < -0.3 is 19.3 Å². The number of nitriles is 1. The number of benzene rings is 1. The molecule has 3 aliphatic heterocycles. The van der Waals surface area contributed by atoms with E-state index in [4.69, 9.17) is 9.47 Å². The summed E-state index contributed by atoms with van der Waals surface area (Å²) in [7, 11) is 0. The molecule has 5 heterocycles. The number of rotatable bonds is 6. The predicted octanol–water partition coefficient (Wildman–Crippen LogP) is 3.99. The minimum atomic E-state index is -0.620. The van der Waals surface area contributed by atoms with Crippen LogP contribution in [0.3, 0.4) is 0 Å². The Morgan fingerprint density at radius 1 is 1.10 bits per heavy atom. The largest absolute Gasteiger partial charge is 0.444 e. The van der Waals surface area contributed by atoms with Crippen molar-refractivity contribution < 1.29 is 23.5 Å². The Morgan fingerprint density at radius 3 is 2.51 bits per heavy atom. The lowest BCUT2D eigenvalue weighted by molar-refractivity contribution is -0.121. The second-order valence-electron chi connectivity index (χ2n) is 15.3. The fraction of sp³-hybridized carbons (Fsp3) is 0.583. The van der Waals surface area contributed by atoms with E-state index in [2.05, 4.69) is 46.8 Å². The molecule has 2 saturated heterocycles. The third-order valence-corrected chi connectivity index (χ3v) is 9.79. The summed E-state index contributed by atoms with van der Waals surface area (Å²) in [5.41, 5.74) is 2.61. The van der Waals surface area contributed by atoms with Crippen LogP contribution in [0, 0.1) is 17.1 Å². The third-order valence-electron chi connectivity index (χ3n) is 9.79. The highest BCUT2D eigenvalue weighted by Gasteiger charge is 2.44. The summed E-state index contributed by atoms with van der Waals surface area (Å²) in [6.07, 6.45) is 0.0775. The summed E-state index contributed by atoms with van der Waals surface area (Å²) < 4.78 is 27.0. The number of carbonyl (C=O) groups is 2. The van der Waals surface area contributed by atoms with Gasteiger partial charge in [0.25, 0.3) is 0 Å². The van der Waals surface area contributed by atoms with Crippen LogP contribution in [0.5, 0.6) is 0 Å². The molecule has 0 unspecified atom stereocenters. The molecule has 0 aliphatic carbocycles. The number of amides is 2. The Balaban J connectivity index is 1.32. The van der Waals surface area contributed by atoms with E-state index in [-0.39, 0.29) is 48.3 Å². The number of carbonyl (C=O) groups excluding carboxylic acids is 2. The van der Waals surface area contributed by atoms with Crippen molar-refractivity contribution >= 4 is 23.3 Å². The average Bonchev–Trinajstić information content (AvgIpc) is 3.57. The molecule has 0 N–H and O–H groups in total. The number of morpholine rings is 1. The predicted molar refractivity (Wildman–Crippen MR) is 182 cm³/mol. The first-order valence-electron chi connectivity index (χ1n) is 17.1. The topological polar surface area (TPSA) is 120 Å². The van der Waals surface area contributed by atoms with Crippen molar-refractivity contribution in [1.29, 1.82) is 5.26 Å². The molecule has 0 spiro atoms. The van der Waals surface area contributed by atoms with E-state index in [9.17, 15) is 19.2 Å². The highest BCUT2D eigenvalue weighted by molar-refractivity contribution is 5.98. The van der Waals surface area contributed by atoms with Gasteiger partial charge in [0.2, 0.25) is 11.7 Å². The van der Waals surface area contributed by atoms with Crippen LogP contribution >= 0.6 is 0 Å². The fourth-order valence-corrected chi connectivity index (χ4v) is 7.39. The van der Waals surface area contributed by atoms with Crippen molar-refractivity contribution in [2.24, 2.45) is 0 Å². The molecule has 3 aromatic rings. The first-order valence-corrected chi connectivity index (χ1v) is 17.1. The van der Waals surface area contributed by atoms with Crippen molar-refractivity contribution in [1.82, 2.24) is 29.3 Å². The first kappa shape index (κ1) is 34.7. The molecule has 0 bridgehead atoms. The van der Waals surface area contributed by atoms with Crippen molar-refractivity contribution in [3.8, 4) is 6.07 Å². The molecule has 3 atom stereocenters. The number of aromatic nitrogens is 3. The maximum Gasteiger partial charge on any atom is 0.410 e. The van der Waals surface area contributed by atoms with Gasteiger partial charge in [-0.2, -0.15) is 5.26 Å². The van der Waals surface area contributed by atoms with Gasteiger partial charge in [0.05, 0.1) is 31.1 Å². The van der Waals surface area contributed by atoms with Gasteiger partial charge in [-0.15, -0.1) is 10.2 Å². The lowest BCUT2D eigenvalue weighted by Crippen LogP contribution is -2.64. The minimum Gasteiger partial charge on any atom is -0.444 e. The van der Waals surface area contributed by atoms with Crippen molar-refractivity contribution in [2.45, 2.75) is 84.0 Å². The fourth-order valence-electron chi connectivity index (χ4n) is 7.39. The van der Waals surface area contributed by atoms with Gasteiger partial charge in [-0.25, -0.2) is 9.18 Å². The van der Waals surface area contributed by atoms with Gasteiger partial charge in [-0.3, -0.25) is 19.0 Å². The van der Waals surface area contributed by atoms with Crippen LogP contribution in [0.4, 0.5) is 14.9 Å². The van der Waals surface area contributed by atoms with Crippen molar-refractivity contribution in [3.05, 3.63) is 58.8 Å². The molecule has 0 radical (unpaired) electrons. The molecule has 2 fully saturated rings. The SMILES string of the molecule is C[C@@H]1COCCN1C[C@H]1CN(C(=O)OC(C)(C)C)[C@H](C)CN1CC(=O)N1CC(C)(C)c2c1cc(Cc1ccc(F)cc1)c1nnc(C#N)n21. The number of piperazine rings is 1. The van der Waals surface area contributed by atoms with E-state index in [1.54, 1.807) is 21.4 Å². The van der Waals surface area contributed by atoms with E-state index >= 15 is 0 Å². The van der Waals surface area contributed by atoms with Gasteiger partial charge in [0, 0.05) is 68.2 Å². The lowest BCUT2D eigenvalue weighted by atomic mass is 9.90. The number of hydrogen-bond acceptors (Lipinski definition) is 9. The summed E-state index contributed by atoms with van der Waals surface area (Å²) in [4.78, 5) is 36.0. The molecule has 49 heavy (non-hydrogen) atoms. The maximum atomic E-state index is 14.5. The molecule has 0 saturated carbocycles. The summed E-state index contributed by atoms with van der Waals surface area (Å²) in [5, 5.41) is 18.6. The standard InChI is InChI=1S/C36H47FN8O4/c1-23-17-42(28(18-41-12-13-48-21-24(41)2)19-43(23)34(47)49-35(3,4)5)20-31(46)44-22-36(6,7)32-29(44)15-26(14-25-8-10-27(37)11-9-25)33-40-39-30(16-38)45(32)33/h8-11,15,23-24,28H,12-14,17-22H2,1-7H3/t23-,24-,28+/m1/s1. The molecular weight excluding hydrogens is 627 g/mol. The average molecular weight is 675 g/mol. The van der Waals surface area contributed by atoms with E-state index in [0.29, 0.717) is 51.5 Å². The molecule has 12 nitrogen and oxygen atoms in total. The Kier molecular flexibility index (Phi) is 9.43. The van der Waals surface area contributed by atoms with Crippen molar-refractivity contribution in [3.63, 3.8) is 0 Å². The van der Waals surface area contributed by atoms with Gasteiger partial charge >= 0.3 is 6.09 Å². The molecule has 3 aliphatic rings. The zero-order valence-corrected chi connectivity index (χ0v) is 29.6. The molecule has 2 aromatic heterocycles. The number of ether oxygens (including phenoxy) is 2. The zero-order valence-electron chi connectivity index (χ0n) is 29.6. The smallest absolute Gasteiger partial charge is 0.410 e. The second kappa shape index (κ2) is 13.3. The first-order chi connectivity index (χ1) is 23.1. The van der Waals surface area contributed by atoms with Crippen LogP contribution in [0.2, 0.25) is 0 Å². The molecule has 262 valence electrons. The number of hydrogen-bond donors (Lipinski definition) is 0. The quantitative estimate of drug-likeness (QED) is 0.383. The van der Waals surface area contributed by atoms with Gasteiger partial charge in [-0.05, 0) is 58.4 Å². The number of pyridine rings is 1. The van der Waals surface area contributed by atoms with Crippen LogP contribution in [0.1, 0.15) is 71.1 Å². The Morgan fingerprint density at radius 2 is 1.84 bits per heavy atom. The summed E-state index contributed by atoms with van der Waals surface area (Å²) >= 11 is 0. The molecule has 13 heteroatoms. The van der Waals surface area contributed by atoms with Crippen molar-refractivity contribution in [2.75, 3.05) is 57.4 Å². The lowest BCUT2D eigenvalue weighted by Gasteiger charge is -2.47. The van der Waals surface area contributed by atoms with Crippen LogP contribution in [0.15, 0.2) is 30.3 Å². The van der Waals surface area contributed by atoms with Crippen LogP contribution in [0.25, 0.3) is 5.65 Å². The number of fused-ring (bicyclic) bond motifs is 3. The molecule has 1 aromatic carbocycles. The zero-order chi connectivity index (χ0) is 35.2. The Hall–Kier alpha value is -4.12. The molecule has 2 amide bonds. The molecular formula is C36H47FN8O4. The normalized spacial score (nSPS) is 23.0. The summed E-state index contributed by atoms with van der Waals surface area (Å²) in [6, 6.07) is 10.4. The van der Waals surface area contributed by atoms with Crippen LogP contribution in [-0.2, 0) is 26.1 Å². The minimum absolute atomic E-state index is 0.0663. The van der Waals surface area contributed by atoms with Gasteiger partial charge in [0.1, 0.15) is 17.5 Å². The van der Waals surface area contributed by atoms with E-state index in [1.165, 1.54) is 12.1 Å². The highest BCUT2D eigenvalue weighted by atomic mass is 19.1. The summed E-state index contributed by atoms with van der Waals surface area (Å²) in [5.74, 6) is -0.233. The molecule has 6 rings (SSSR count). The second-order valence-corrected chi connectivity index (χ2v) is 15.3. The van der Waals surface area contributed by atoms with Crippen LogP contribution in [-0.4, -0.2) is 118 Å². The highest BCUT2D eigenvalue weighted by Crippen LogP contribution is 2.43. The number of nitrogens with zero attached hydrogens (tertiary/aromatic N) is 8. The van der Waals surface area contributed by atoms with E-state index in [0.717, 1.165) is 29.1 Å². The maximum absolute atomic E-state index is 14.5.